The lowest BCUT2D eigenvalue weighted by molar-refractivity contribution is 0.339. The first kappa shape index (κ1) is 11.6. The number of nitrogens with two attached hydrogens (primary N) is 1. The van der Waals surface area contributed by atoms with Gasteiger partial charge in [0.1, 0.15) is 5.75 Å². The molecule has 0 aliphatic rings. The van der Waals surface area contributed by atoms with Crippen LogP contribution in [0, 0.1) is 0 Å². The highest BCUT2D eigenvalue weighted by Crippen LogP contribution is 2.35. The Morgan fingerprint density at radius 1 is 1.67 bits per heavy atom. The van der Waals surface area contributed by atoms with Crippen LogP contribution in [0.5, 0.6) is 5.75 Å². The molecule has 0 saturated heterocycles. The van der Waals surface area contributed by atoms with Gasteiger partial charge >= 0.3 is 0 Å². The van der Waals surface area contributed by atoms with Crippen LogP contribution in [0.3, 0.4) is 0 Å². The van der Waals surface area contributed by atoms with E-state index in [0.29, 0.717) is 28.6 Å². The van der Waals surface area contributed by atoms with Crippen LogP contribution >= 0.6 is 11.6 Å². The van der Waals surface area contributed by atoms with Crippen molar-refractivity contribution in [2.45, 2.75) is 6.92 Å². The van der Waals surface area contributed by atoms with Crippen LogP contribution in [-0.2, 0) is 0 Å². The third-order valence-corrected chi connectivity index (χ3v) is 1.98. The Bertz CT molecular complexity index is 388. The molecule has 1 aromatic carbocycles. The number of hydrogen-bond donors (Lipinski definition) is 1. The molecule has 0 heterocycles. The van der Waals surface area contributed by atoms with Crippen LogP contribution in [0.15, 0.2) is 29.8 Å². The molecule has 3 nitrogen and oxygen atoms in total. The summed E-state index contributed by atoms with van der Waals surface area (Å²) in [6.07, 6.45) is 1.22. The molecule has 1 rings (SSSR count). The van der Waals surface area contributed by atoms with Crippen molar-refractivity contribution in [1.82, 2.24) is 0 Å². The van der Waals surface area contributed by atoms with E-state index in [1.807, 2.05) is 19.1 Å². The Hall–Kier alpha value is -1.48. The van der Waals surface area contributed by atoms with Gasteiger partial charge in [-0.25, -0.2) is 4.99 Å². The normalized spacial score (nSPS) is 10.5. The van der Waals surface area contributed by atoms with Gasteiger partial charge in [-0.2, -0.15) is 0 Å². The molecule has 0 bridgehead atoms. The standard InChI is InChI=1S/C11H13ClN2O/c1-3-15-10-6-4-5-9(14-7-13)11(10)8(2)12/h4-7H,2-3H2,1H3,(H2,13,14). The van der Waals surface area contributed by atoms with Crippen molar-refractivity contribution in [3.63, 3.8) is 0 Å². The van der Waals surface area contributed by atoms with Gasteiger partial charge in [0.25, 0.3) is 0 Å². The second-order valence-electron chi connectivity index (χ2n) is 2.77. The Balaban J connectivity index is 3.27. The zero-order valence-corrected chi connectivity index (χ0v) is 9.29. The summed E-state index contributed by atoms with van der Waals surface area (Å²) in [5, 5.41) is 0.389. The maximum Gasteiger partial charge on any atom is 0.130 e. The summed E-state index contributed by atoms with van der Waals surface area (Å²) in [5.41, 5.74) is 6.59. The second kappa shape index (κ2) is 5.41. The summed E-state index contributed by atoms with van der Waals surface area (Å²) in [4.78, 5) is 4.00. The largest absolute Gasteiger partial charge is 0.493 e. The smallest absolute Gasteiger partial charge is 0.130 e. The molecule has 0 atom stereocenters. The van der Waals surface area contributed by atoms with Crippen LogP contribution in [0.2, 0.25) is 0 Å². The summed E-state index contributed by atoms with van der Waals surface area (Å²) in [7, 11) is 0. The molecule has 0 radical (unpaired) electrons. The summed E-state index contributed by atoms with van der Waals surface area (Å²) in [6, 6.07) is 5.45. The highest BCUT2D eigenvalue weighted by molar-refractivity contribution is 6.49. The van der Waals surface area contributed by atoms with Crippen molar-refractivity contribution in [1.29, 1.82) is 0 Å². The number of nitrogens with zero attached hydrogens (tertiary/aromatic N) is 1. The first-order valence-corrected chi connectivity index (χ1v) is 4.93. The predicted molar refractivity (Wildman–Crippen MR) is 64.8 cm³/mol. The Morgan fingerprint density at radius 3 is 2.93 bits per heavy atom. The lowest BCUT2D eigenvalue weighted by Crippen LogP contribution is -1.95. The van der Waals surface area contributed by atoms with Crippen LogP contribution in [0.25, 0.3) is 5.03 Å². The number of ether oxygens (including phenoxy) is 1. The van der Waals surface area contributed by atoms with Gasteiger partial charge in [0.15, 0.2) is 0 Å². The predicted octanol–water partition coefficient (Wildman–Crippen LogP) is 2.91. The van der Waals surface area contributed by atoms with E-state index >= 15 is 0 Å². The zero-order valence-electron chi connectivity index (χ0n) is 8.53. The molecule has 0 aliphatic carbocycles. The lowest BCUT2D eigenvalue weighted by Gasteiger charge is -2.10. The minimum Gasteiger partial charge on any atom is -0.493 e. The molecule has 15 heavy (non-hydrogen) atoms. The monoisotopic (exact) mass is 224 g/mol. The average molecular weight is 225 g/mol. The van der Waals surface area contributed by atoms with Gasteiger partial charge in [-0.3, -0.25) is 0 Å². The van der Waals surface area contributed by atoms with E-state index in [0.717, 1.165) is 0 Å². The van der Waals surface area contributed by atoms with E-state index in [1.54, 1.807) is 6.07 Å². The molecule has 0 amide bonds. The second-order valence-corrected chi connectivity index (χ2v) is 3.22. The summed E-state index contributed by atoms with van der Waals surface area (Å²) < 4.78 is 5.43. The fourth-order valence-corrected chi connectivity index (χ4v) is 1.45. The fraction of sp³-hybridized carbons (Fsp3) is 0.182. The number of hydrogen-bond acceptors (Lipinski definition) is 2. The van der Waals surface area contributed by atoms with Gasteiger partial charge in [0, 0.05) is 5.03 Å². The molecule has 4 heteroatoms. The van der Waals surface area contributed by atoms with Crippen molar-refractivity contribution in [2.24, 2.45) is 10.7 Å². The van der Waals surface area contributed by atoms with Gasteiger partial charge in [-0.1, -0.05) is 24.2 Å². The third-order valence-electron chi connectivity index (χ3n) is 1.79. The molecule has 80 valence electrons. The van der Waals surface area contributed by atoms with Gasteiger partial charge < -0.3 is 10.5 Å². The summed E-state index contributed by atoms with van der Waals surface area (Å²) in [5.74, 6) is 0.667. The molecule has 0 unspecified atom stereocenters. The molecule has 0 aromatic heterocycles. The highest BCUT2D eigenvalue weighted by atomic mass is 35.5. The quantitative estimate of drug-likeness (QED) is 0.632. The van der Waals surface area contributed by atoms with Gasteiger partial charge in [-0.05, 0) is 19.1 Å². The van der Waals surface area contributed by atoms with Crippen LogP contribution < -0.4 is 10.5 Å². The van der Waals surface area contributed by atoms with Crippen molar-refractivity contribution in [2.75, 3.05) is 6.61 Å². The molecule has 0 aliphatic heterocycles. The van der Waals surface area contributed by atoms with Crippen molar-refractivity contribution in [3.8, 4) is 5.75 Å². The first-order chi connectivity index (χ1) is 7.20. The van der Waals surface area contributed by atoms with E-state index in [2.05, 4.69) is 11.6 Å². The van der Waals surface area contributed by atoms with Crippen molar-refractivity contribution < 1.29 is 4.74 Å². The molecular weight excluding hydrogens is 212 g/mol. The average Bonchev–Trinajstić information content (AvgIpc) is 2.18. The Labute approximate surface area is 94.2 Å². The van der Waals surface area contributed by atoms with Gasteiger partial charge in [0.2, 0.25) is 0 Å². The minimum atomic E-state index is 0.389. The molecule has 0 fully saturated rings. The maximum absolute atomic E-state index is 5.90. The Kier molecular flexibility index (Phi) is 4.18. The topological polar surface area (TPSA) is 47.6 Å². The zero-order chi connectivity index (χ0) is 11.3. The van der Waals surface area contributed by atoms with E-state index in [1.165, 1.54) is 6.34 Å². The third kappa shape index (κ3) is 2.73. The van der Waals surface area contributed by atoms with Crippen LogP contribution in [0.1, 0.15) is 12.5 Å². The Morgan fingerprint density at radius 2 is 2.40 bits per heavy atom. The van der Waals surface area contributed by atoms with E-state index in [4.69, 9.17) is 22.1 Å². The van der Waals surface area contributed by atoms with Crippen LogP contribution in [-0.4, -0.2) is 12.9 Å². The van der Waals surface area contributed by atoms with Crippen LogP contribution in [0.4, 0.5) is 5.69 Å². The molecule has 2 N–H and O–H groups in total. The highest BCUT2D eigenvalue weighted by Gasteiger charge is 2.10. The fourth-order valence-electron chi connectivity index (χ4n) is 1.26. The minimum absolute atomic E-state index is 0.389. The van der Waals surface area contributed by atoms with Gasteiger partial charge in [0.05, 0.1) is 24.2 Å². The van der Waals surface area contributed by atoms with Gasteiger partial charge in [-0.15, -0.1) is 0 Å². The molecular formula is C11H13ClN2O. The van der Waals surface area contributed by atoms with E-state index < -0.39 is 0 Å². The molecule has 0 saturated carbocycles. The molecule has 0 spiro atoms. The molecule has 1 aromatic rings. The van der Waals surface area contributed by atoms with Crippen molar-refractivity contribution in [3.05, 3.63) is 30.3 Å². The number of rotatable bonds is 4. The number of aliphatic imine (C=N–C) groups is 1. The lowest BCUT2D eigenvalue weighted by atomic mass is 10.1. The summed E-state index contributed by atoms with van der Waals surface area (Å²) >= 11 is 5.90. The SMILES string of the molecule is C=C(Cl)c1c(N=CN)cccc1OCC. The first-order valence-electron chi connectivity index (χ1n) is 4.55. The summed E-state index contributed by atoms with van der Waals surface area (Å²) in [6.45, 7) is 6.15. The van der Waals surface area contributed by atoms with E-state index in [-0.39, 0.29) is 0 Å². The maximum atomic E-state index is 5.90. The number of halogens is 1. The van der Waals surface area contributed by atoms with Crippen molar-refractivity contribution >= 4 is 28.7 Å². The van der Waals surface area contributed by atoms with E-state index in [9.17, 15) is 0 Å². The number of benzene rings is 1.